The molecule has 0 aliphatic heterocycles. The Hall–Kier alpha value is -2.88. The Balaban J connectivity index is 1.87. The van der Waals surface area contributed by atoms with Crippen molar-refractivity contribution in [2.24, 2.45) is 5.92 Å². The molecule has 0 saturated heterocycles. The van der Waals surface area contributed by atoms with Crippen molar-refractivity contribution in [3.63, 3.8) is 0 Å². The van der Waals surface area contributed by atoms with Gasteiger partial charge in [0.05, 0.1) is 18.7 Å². The van der Waals surface area contributed by atoms with Gasteiger partial charge in [0.15, 0.2) is 11.5 Å². The Labute approximate surface area is 191 Å². The molecule has 0 saturated carbocycles. The van der Waals surface area contributed by atoms with Gasteiger partial charge < -0.3 is 29.5 Å². The van der Waals surface area contributed by atoms with E-state index in [1.165, 1.54) is 7.11 Å². The first kappa shape index (κ1) is 23.8. The second-order valence-corrected chi connectivity index (χ2v) is 8.12. The maximum Gasteiger partial charge on any atom is 0.258 e. The van der Waals surface area contributed by atoms with Crippen LogP contribution in [0.4, 0.5) is 5.82 Å². The summed E-state index contributed by atoms with van der Waals surface area (Å²) in [5.74, 6) is 2.48. The Kier molecular flexibility index (Phi) is 7.89. The zero-order valence-electron chi connectivity index (χ0n) is 18.4. The molecule has 10 heteroatoms. The molecule has 0 radical (unpaired) electrons. The minimum absolute atomic E-state index is 0.132. The highest BCUT2D eigenvalue weighted by atomic mass is 35.5. The lowest BCUT2D eigenvalue weighted by atomic mass is 10.2. The van der Waals surface area contributed by atoms with E-state index >= 15 is 0 Å². The molecular formula is C22H27ClN4O5. The molecule has 3 N–H and O–H groups in total. The number of benzene rings is 1. The van der Waals surface area contributed by atoms with Gasteiger partial charge in [-0.3, -0.25) is 0 Å². The van der Waals surface area contributed by atoms with Gasteiger partial charge in [0, 0.05) is 23.4 Å². The van der Waals surface area contributed by atoms with Gasteiger partial charge in [-0.05, 0) is 37.1 Å². The van der Waals surface area contributed by atoms with Gasteiger partial charge in [0.2, 0.25) is 5.82 Å². The van der Waals surface area contributed by atoms with Crippen molar-refractivity contribution < 1.29 is 24.2 Å². The van der Waals surface area contributed by atoms with Gasteiger partial charge in [-0.25, -0.2) is 4.98 Å². The Morgan fingerprint density at radius 2 is 1.94 bits per heavy atom. The van der Waals surface area contributed by atoms with Gasteiger partial charge in [-0.1, -0.05) is 30.6 Å². The Morgan fingerprint density at radius 3 is 2.62 bits per heavy atom. The summed E-state index contributed by atoms with van der Waals surface area (Å²) in [6.45, 7) is 6.39. The van der Waals surface area contributed by atoms with Crippen LogP contribution in [0.5, 0.6) is 11.5 Å². The number of pyridine rings is 1. The molecule has 3 aromatic rings. The molecule has 0 amide bonds. The quantitative estimate of drug-likeness (QED) is 0.414. The maximum atomic E-state index is 9.52. The molecule has 0 spiro atoms. The summed E-state index contributed by atoms with van der Waals surface area (Å²) in [7, 11) is 1.47. The van der Waals surface area contributed by atoms with E-state index in [-0.39, 0.29) is 17.4 Å². The number of aryl methyl sites for hydroxylation is 1. The van der Waals surface area contributed by atoms with Gasteiger partial charge in [0.1, 0.15) is 18.5 Å². The first-order valence-electron chi connectivity index (χ1n) is 10.2. The number of nitrogens with zero attached hydrogens (tertiary/aromatic N) is 3. The van der Waals surface area contributed by atoms with Gasteiger partial charge in [0.25, 0.3) is 5.89 Å². The van der Waals surface area contributed by atoms with Gasteiger partial charge in [-0.15, -0.1) is 0 Å². The fourth-order valence-electron chi connectivity index (χ4n) is 2.87. The van der Waals surface area contributed by atoms with E-state index < -0.39 is 12.7 Å². The summed E-state index contributed by atoms with van der Waals surface area (Å²) in [6.07, 6.45) is -1.03. The van der Waals surface area contributed by atoms with Crippen molar-refractivity contribution in [3.8, 4) is 34.3 Å². The van der Waals surface area contributed by atoms with Crippen molar-refractivity contribution in [2.75, 3.05) is 32.2 Å². The van der Waals surface area contributed by atoms with Crippen molar-refractivity contribution in [1.82, 2.24) is 15.1 Å². The van der Waals surface area contributed by atoms with E-state index in [4.69, 9.17) is 30.7 Å². The molecule has 2 aromatic heterocycles. The highest BCUT2D eigenvalue weighted by molar-refractivity contribution is 6.32. The van der Waals surface area contributed by atoms with Crippen LogP contribution in [0.3, 0.4) is 0 Å². The normalized spacial score (nSPS) is 12.1. The van der Waals surface area contributed by atoms with Crippen LogP contribution < -0.4 is 14.8 Å². The summed E-state index contributed by atoms with van der Waals surface area (Å²) in [5.41, 5.74) is 2.14. The smallest absolute Gasteiger partial charge is 0.258 e. The third-order valence-electron chi connectivity index (χ3n) is 4.44. The number of aliphatic hydroxyl groups excluding tert-OH is 2. The molecule has 0 aliphatic carbocycles. The van der Waals surface area contributed by atoms with E-state index in [0.29, 0.717) is 28.9 Å². The average molecular weight is 463 g/mol. The first-order chi connectivity index (χ1) is 15.3. The molecule has 172 valence electrons. The molecule has 0 aliphatic rings. The second-order valence-electron chi connectivity index (χ2n) is 7.72. The van der Waals surface area contributed by atoms with Crippen LogP contribution in [0.1, 0.15) is 19.5 Å². The van der Waals surface area contributed by atoms with Crippen LogP contribution in [0.15, 0.2) is 28.8 Å². The standard InChI is InChI=1S/C22H27ClN4O5/c1-12(2)9-24-19-8-15(5-13(3)25-19)22-26-21(27-32-22)14-6-17(23)20(18(7-14)30-4)31-11-16(29)10-28/h5-8,12,16,28-29H,9-11H2,1-4H3,(H,24,25)/t16-/m0/s1. The van der Waals surface area contributed by atoms with E-state index in [1.807, 2.05) is 19.1 Å². The summed E-state index contributed by atoms with van der Waals surface area (Å²) >= 11 is 6.36. The summed E-state index contributed by atoms with van der Waals surface area (Å²) in [6, 6.07) is 7.01. The molecule has 1 atom stereocenters. The van der Waals surface area contributed by atoms with E-state index in [1.54, 1.807) is 12.1 Å². The zero-order valence-corrected chi connectivity index (χ0v) is 19.2. The minimum atomic E-state index is -1.03. The number of hydrogen-bond donors (Lipinski definition) is 3. The predicted octanol–water partition coefficient (Wildman–Crippen LogP) is 3.57. The highest BCUT2D eigenvalue weighted by Gasteiger charge is 2.18. The number of ether oxygens (including phenoxy) is 2. The van der Waals surface area contributed by atoms with Gasteiger partial charge >= 0.3 is 0 Å². The number of aliphatic hydroxyl groups is 2. The molecule has 0 bridgehead atoms. The van der Waals surface area contributed by atoms with Crippen molar-refractivity contribution in [2.45, 2.75) is 26.9 Å². The Morgan fingerprint density at radius 1 is 1.16 bits per heavy atom. The monoisotopic (exact) mass is 462 g/mol. The molecule has 0 fully saturated rings. The molecule has 9 nitrogen and oxygen atoms in total. The SMILES string of the molecule is COc1cc(-c2noc(-c3cc(C)nc(NCC(C)C)c3)n2)cc(Cl)c1OC[C@@H](O)CO. The fourth-order valence-corrected chi connectivity index (χ4v) is 3.14. The summed E-state index contributed by atoms with van der Waals surface area (Å²) < 4.78 is 16.4. The van der Waals surface area contributed by atoms with Crippen molar-refractivity contribution in [3.05, 3.63) is 35.0 Å². The number of rotatable bonds is 10. The molecule has 1 aromatic carbocycles. The number of aromatic nitrogens is 3. The number of hydrogen-bond acceptors (Lipinski definition) is 9. The number of nitrogens with one attached hydrogen (secondary N) is 1. The highest BCUT2D eigenvalue weighted by Crippen LogP contribution is 2.39. The van der Waals surface area contributed by atoms with E-state index in [0.717, 1.165) is 23.6 Å². The first-order valence-corrected chi connectivity index (χ1v) is 10.5. The number of halogens is 1. The third-order valence-corrected chi connectivity index (χ3v) is 4.72. The van der Waals surface area contributed by atoms with Crippen molar-refractivity contribution in [1.29, 1.82) is 0 Å². The lowest BCUT2D eigenvalue weighted by molar-refractivity contribution is 0.0528. The molecule has 3 rings (SSSR count). The number of anilines is 1. The molecule has 32 heavy (non-hydrogen) atoms. The lowest BCUT2D eigenvalue weighted by Crippen LogP contribution is -2.21. The summed E-state index contributed by atoms with van der Waals surface area (Å²) in [4.78, 5) is 8.99. The second kappa shape index (κ2) is 10.6. The molecular weight excluding hydrogens is 436 g/mol. The Bertz CT molecular complexity index is 1060. The van der Waals surface area contributed by atoms with Crippen LogP contribution in [-0.4, -0.2) is 58.3 Å². The predicted molar refractivity (Wildman–Crippen MR) is 121 cm³/mol. The van der Waals surface area contributed by atoms with Gasteiger partial charge in [-0.2, -0.15) is 4.98 Å². The lowest BCUT2D eigenvalue weighted by Gasteiger charge is -2.15. The zero-order chi connectivity index (χ0) is 23.3. The molecule has 2 heterocycles. The molecule has 0 unspecified atom stereocenters. The largest absolute Gasteiger partial charge is 0.493 e. The van der Waals surface area contributed by atoms with E-state index in [2.05, 4.69) is 34.3 Å². The average Bonchev–Trinajstić information content (AvgIpc) is 3.26. The fraction of sp³-hybridized carbons (Fsp3) is 0.409. The van der Waals surface area contributed by atoms with Crippen LogP contribution in [0.2, 0.25) is 5.02 Å². The van der Waals surface area contributed by atoms with Crippen LogP contribution in [-0.2, 0) is 0 Å². The third kappa shape index (κ3) is 5.87. The number of methoxy groups -OCH3 is 1. The van der Waals surface area contributed by atoms with Crippen LogP contribution in [0, 0.1) is 12.8 Å². The minimum Gasteiger partial charge on any atom is -0.493 e. The van der Waals surface area contributed by atoms with Crippen molar-refractivity contribution >= 4 is 17.4 Å². The van der Waals surface area contributed by atoms with Crippen LogP contribution >= 0.6 is 11.6 Å². The van der Waals surface area contributed by atoms with E-state index in [9.17, 15) is 5.11 Å². The van der Waals surface area contributed by atoms with Crippen LogP contribution in [0.25, 0.3) is 22.8 Å². The maximum absolute atomic E-state index is 9.52. The topological polar surface area (TPSA) is 123 Å². The summed E-state index contributed by atoms with van der Waals surface area (Å²) in [5, 5.41) is 26.1.